The van der Waals surface area contributed by atoms with E-state index in [2.05, 4.69) is 65.0 Å². The van der Waals surface area contributed by atoms with Crippen molar-refractivity contribution in [2.24, 2.45) is 16.2 Å². The Morgan fingerprint density at radius 3 is 2.14 bits per heavy atom. The monoisotopic (exact) mass is 298 g/mol. The molecule has 1 aromatic rings. The van der Waals surface area contributed by atoms with E-state index >= 15 is 0 Å². The van der Waals surface area contributed by atoms with Gasteiger partial charge >= 0.3 is 0 Å². The van der Waals surface area contributed by atoms with E-state index in [9.17, 15) is 4.79 Å². The van der Waals surface area contributed by atoms with Gasteiger partial charge in [-0.1, -0.05) is 65.0 Å². The molecule has 2 bridgehead atoms. The Morgan fingerprint density at radius 2 is 1.59 bits per heavy atom. The first-order valence-electron chi connectivity index (χ1n) is 8.69. The highest BCUT2D eigenvalue weighted by molar-refractivity contribution is 5.92. The molecule has 120 valence electrons. The normalized spacial score (nSPS) is 31.0. The van der Waals surface area contributed by atoms with Gasteiger partial charge in [0.1, 0.15) is 5.78 Å². The van der Waals surface area contributed by atoms with E-state index in [1.807, 2.05) is 0 Å². The van der Waals surface area contributed by atoms with Gasteiger partial charge in [0.2, 0.25) is 0 Å². The van der Waals surface area contributed by atoms with Crippen molar-refractivity contribution in [2.75, 3.05) is 0 Å². The van der Waals surface area contributed by atoms with Crippen LogP contribution in [0.25, 0.3) is 0 Å². The molecule has 0 unspecified atom stereocenters. The Morgan fingerprint density at radius 1 is 1.00 bits per heavy atom. The number of hydrogen-bond donors (Lipinski definition) is 0. The smallest absolute Gasteiger partial charge is 0.144 e. The number of ketones is 1. The Labute approximate surface area is 135 Å². The molecule has 22 heavy (non-hydrogen) atoms. The molecule has 0 spiro atoms. The molecule has 0 radical (unpaired) electrons. The van der Waals surface area contributed by atoms with Crippen LogP contribution in [0.4, 0.5) is 0 Å². The lowest BCUT2D eigenvalue weighted by Crippen LogP contribution is -2.50. The average Bonchev–Trinajstić information content (AvgIpc) is 2.93. The van der Waals surface area contributed by atoms with Crippen LogP contribution in [-0.2, 0) is 10.2 Å². The zero-order valence-electron chi connectivity index (χ0n) is 14.8. The van der Waals surface area contributed by atoms with E-state index in [0.29, 0.717) is 11.2 Å². The van der Waals surface area contributed by atoms with Gasteiger partial charge in [-0.2, -0.15) is 0 Å². The molecule has 1 nitrogen and oxygen atoms in total. The predicted molar refractivity (Wildman–Crippen MR) is 91.9 cm³/mol. The number of carbonyl (C=O) groups is 1. The van der Waals surface area contributed by atoms with Gasteiger partial charge in [0.15, 0.2) is 0 Å². The zero-order chi connectivity index (χ0) is 16.2. The molecular weight excluding hydrogens is 268 g/mol. The number of carbonyl (C=O) groups excluding carboxylic acids is 1. The van der Waals surface area contributed by atoms with Crippen LogP contribution in [0.2, 0.25) is 0 Å². The summed E-state index contributed by atoms with van der Waals surface area (Å²) in [6.07, 6.45) is 5.41. The van der Waals surface area contributed by atoms with E-state index in [1.54, 1.807) is 0 Å². The lowest BCUT2D eigenvalue weighted by atomic mass is 9.52. The molecule has 0 amide bonds. The third kappa shape index (κ3) is 2.43. The first-order chi connectivity index (χ1) is 10.1. The van der Waals surface area contributed by atoms with Crippen molar-refractivity contribution in [1.82, 2.24) is 0 Å². The Bertz CT molecular complexity index is 568. The van der Waals surface area contributed by atoms with Gasteiger partial charge in [-0.25, -0.2) is 0 Å². The van der Waals surface area contributed by atoms with Crippen molar-refractivity contribution in [2.45, 2.75) is 72.1 Å². The molecule has 3 fully saturated rings. The largest absolute Gasteiger partial charge is 0.298 e. The number of rotatable bonds is 4. The summed E-state index contributed by atoms with van der Waals surface area (Å²) < 4.78 is 0. The minimum atomic E-state index is -0.203. The van der Waals surface area contributed by atoms with Gasteiger partial charge in [0.05, 0.1) is 0 Å². The predicted octanol–water partition coefficient (Wildman–Crippen LogP) is 5.53. The molecule has 0 atom stereocenters. The standard InChI is InChI=1S/C21H30O/c1-18(2,3)13-19(4,5)17(22)21-12-11-20(14-21,15-21)16-9-7-6-8-10-16/h6-10H,11-15H2,1-5H3. The minimum absolute atomic E-state index is 0.0232. The number of hydrogen-bond acceptors (Lipinski definition) is 1. The summed E-state index contributed by atoms with van der Waals surface area (Å²) in [5.41, 5.74) is 1.73. The SMILES string of the molecule is CC(C)(C)CC(C)(C)C(=O)C12CCC(c3ccccc3)(C1)C2. The highest BCUT2D eigenvalue weighted by Gasteiger charge is 2.66. The van der Waals surface area contributed by atoms with Crippen LogP contribution in [0.1, 0.15) is 72.3 Å². The van der Waals surface area contributed by atoms with Crippen LogP contribution < -0.4 is 0 Å². The summed E-state index contributed by atoms with van der Waals surface area (Å²) in [4.78, 5) is 13.3. The van der Waals surface area contributed by atoms with Crippen molar-refractivity contribution in [3.05, 3.63) is 35.9 Å². The van der Waals surface area contributed by atoms with Gasteiger partial charge in [-0.3, -0.25) is 4.79 Å². The quantitative estimate of drug-likeness (QED) is 0.714. The number of Topliss-reactive ketones (excluding diaryl/α,β-unsaturated/α-hetero) is 1. The summed E-state index contributed by atoms with van der Waals surface area (Å²) in [5.74, 6) is 0.527. The second-order valence-electron chi connectivity index (χ2n) is 9.73. The van der Waals surface area contributed by atoms with Gasteiger partial charge in [-0.05, 0) is 48.5 Å². The van der Waals surface area contributed by atoms with Gasteiger partial charge < -0.3 is 0 Å². The van der Waals surface area contributed by atoms with Crippen molar-refractivity contribution in [3.63, 3.8) is 0 Å². The molecule has 4 rings (SSSR count). The Hall–Kier alpha value is -1.11. The molecule has 0 aromatic heterocycles. The first-order valence-corrected chi connectivity index (χ1v) is 8.69. The number of benzene rings is 1. The minimum Gasteiger partial charge on any atom is -0.298 e. The summed E-state index contributed by atoms with van der Waals surface area (Å²) in [6.45, 7) is 11.0. The molecule has 1 aromatic carbocycles. The number of fused-ring (bicyclic) bond motifs is 1. The van der Waals surface area contributed by atoms with Gasteiger partial charge in [0, 0.05) is 10.8 Å². The summed E-state index contributed by atoms with van der Waals surface area (Å²) >= 11 is 0. The van der Waals surface area contributed by atoms with E-state index in [0.717, 1.165) is 25.7 Å². The van der Waals surface area contributed by atoms with Gasteiger partial charge in [-0.15, -0.1) is 0 Å². The fourth-order valence-electron chi connectivity index (χ4n) is 5.61. The van der Waals surface area contributed by atoms with Crippen molar-refractivity contribution >= 4 is 5.78 Å². The first kappa shape index (κ1) is 15.8. The van der Waals surface area contributed by atoms with Crippen molar-refractivity contribution in [1.29, 1.82) is 0 Å². The molecule has 0 N–H and O–H groups in total. The second kappa shape index (κ2) is 4.69. The summed E-state index contributed by atoms with van der Waals surface area (Å²) in [7, 11) is 0. The van der Waals surface area contributed by atoms with E-state index in [4.69, 9.17) is 0 Å². The van der Waals surface area contributed by atoms with Crippen LogP contribution in [0.15, 0.2) is 30.3 Å². The lowest BCUT2D eigenvalue weighted by molar-refractivity contribution is -0.144. The lowest BCUT2D eigenvalue weighted by Gasteiger charge is -2.50. The molecule has 3 aliphatic carbocycles. The third-order valence-electron chi connectivity index (χ3n) is 5.89. The fraction of sp³-hybridized carbons (Fsp3) is 0.667. The van der Waals surface area contributed by atoms with E-state index < -0.39 is 0 Å². The third-order valence-corrected chi connectivity index (χ3v) is 5.89. The second-order valence-corrected chi connectivity index (χ2v) is 9.73. The van der Waals surface area contributed by atoms with Crippen LogP contribution in [0.5, 0.6) is 0 Å². The van der Waals surface area contributed by atoms with Crippen LogP contribution in [0.3, 0.4) is 0 Å². The highest BCUT2D eigenvalue weighted by atomic mass is 16.1. The Kier molecular flexibility index (Phi) is 3.36. The Balaban J connectivity index is 1.78. The van der Waals surface area contributed by atoms with E-state index in [1.165, 1.54) is 12.0 Å². The summed E-state index contributed by atoms with van der Waals surface area (Å²) in [5, 5.41) is 0. The molecule has 0 heterocycles. The van der Waals surface area contributed by atoms with Gasteiger partial charge in [0.25, 0.3) is 0 Å². The summed E-state index contributed by atoms with van der Waals surface area (Å²) in [6, 6.07) is 10.8. The molecule has 3 saturated carbocycles. The fourth-order valence-corrected chi connectivity index (χ4v) is 5.61. The molecular formula is C21H30O. The van der Waals surface area contributed by atoms with Crippen LogP contribution in [-0.4, -0.2) is 5.78 Å². The van der Waals surface area contributed by atoms with E-state index in [-0.39, 0.29) is 16.2 Å². The molecule has 0 saturated heterocycles. The molecule has 1 heteroatoms. The van der Waals surface area contributed by atoms with Crippen LogP contribution >= 0.6 is 0 Å². The van der Waals surface area contributed by atoms with Crippen LogP contribution in [0, 0.1) is 16.2 Å². The van der Waals surface area contributed by atoms with Crippen molar-refractivity contribution in [3.8, 4) is 0 Å². The highest BCUT2D eigenvalue weighted by Crippen LogP contribution is 2.69. The maximum atomic E-state index is 13.3. The average molecular weight is 298 g/mol. The molecule has 3 aliphatic rings. The maximum absolute atomic E-state index is 13.3. The zero-order valence-corrected chi connectivity index (χ0v) is 14.8. The molecule has 0 aliphatic heterocycles. The maximum Gasteiger partial charge on any atom is 0.144 e. The topological polar surface area (TPSA) is 17.1 Å². The van der Waals surface area contributed by atoms with Crippen molar-refractivity contribution < 1.29 is 4.79 Å².